The van der Waals surface area contributed by atoms with Crippen molar-refractivity contribution in [1.82, 2.24) is 0 Å². The summed E-state index contributed by atoms with van der Waals surface area (Å²) in [7, 11) is 0. The summed E-state index contributed by atoms with van der Waals surface area (Å²) in [5, 5.41) is 9.15. The minimum atomic E-state index is -0.985. The molecule has 1 heterocycles. The number of hydrogen-bond acceptors (Lipinski definition) is 3. The molecule has 0 unspecified atom stereocenters. The third kappa shape index (κ3) is 2.85. The van der Waals surface area contributed by atoms with Gasteiger partial charge in [-0.2, -0.15) is 0 Å². The standard InChI is InChI=1S/C17H15NO3S/c1-11-3-2-4-12(7-11)9-18-14-8-13(17(20)21)5-6-15(14)22-10-16(18)19/h2-8H,9-10H2,1H3,(H,20,21). The number of thioether (sulfide) groups is 1. The van der Waals surface area contributed by atoms with Crippen LogP contribution in [0.5, 0.6) is 0 Å². The largest absolute Gasteiger partial charge is 0.478 e. The highest BCUT2D eigenvalue weighted by atomic mass is 32.2. The molecule has 22 heavy (non-hydrogen) atoms. The predicted molar refractivity (Wildman–Crippen MR) is 86.5 cm³/mol. The molecular weight excluding hydrogens is 298 g/mol. The number of hydrogen-bond donors (Lipinski definition) is 1. The van der Waals surface area contributed by atoms with Gasteiger partial charge in [-0.1, -0.05) is 29.8 Å². The van der Waals surface area contributed by atoms with Crippen LogP contribution in [0.3, 0.4) is 0 Å². The molecule has 0 saturated carbocycles. The Bertz CT molecular complexity index is 757. The molecule has 2 aromatic rings. The number of aromatic carboxylic acids is 1. The lowest BCUT2D eigenvalue weighted by Crippen LogP contribution is -2.35. The Hall–Kier alpha value is -2.27. The van der Waals surface area contributed by atoms with Crippen LogP contribution in [0.25, 0.3) is 0 Å². The summed E-state index contributed by atoms with van der Waals surface area (Å²) >= 11 is 1.45. The Balaban J connectivity index is 1.99. The molecule has 1 amide bonds. The van der Waals surface area contributed by atoms with Crippen molar-refractivity contribution >= 4 is 29.3 Å². The lowest BCUT2D eigenvalue weighted by Gasteiger charge is -2.29. The number of carbonyl (C=O) groups excluding carboxylic acids is 1. The van der Waals surface area contributed by atoms with E-state index in [1.165, 1.54) is 11.8 Å². The van der Waals surface area contributed by atoms with E-state index < -0.39 is 5.97 Å². The van der Waals surface area contributed by atoms with Crippen molar-refractivity contribution in [2.24, 2.45) is 0 Å². The number of fused-ring (bicyclic) bond motifs is 1. The molecule has 0 radical (unpaired) electrons. The van der Waals surface area contributed by atoms with Gasteiger partial charge in [0.1, 0.15) is 0 Å². The van der Waals surface area contributed by atoms with E-state index in [9.17, 15) is 9.59 Å². The van der Waals surface area contributed by atoms with Crippen molar-refractivity contribution < 1.29 is 14.7 Å². The van der Waals surface area contributed by atoms with Gasteiger partial charge in [0.15, 0.2) is 0 Å². The molecule has 0 spiro atoms. The first kappa shape index (κ1) is 14.7. The second-order valence-electron chi connectivity index (χ2n) is 5.25. The summed E-state index contributed by atoms with van der Waals surface area (Å²) < 4.78 is 0. The number of anilines is 1. The molecule has 1 aliphatic rings. The molecule has 5 heteroatoms. The molecule has 0 saturated heterocycles. The van der Waals surface area contributed by atoms with Crippen molar-refractivity contribution in [1.29, 1.82) is 0 Å². The number of carboxylic acid groups (broad SMARTS) is 1. The summed E-state index contributed by atoms with van der Waals surface area (Å²) in [6.45, 7) is 2.46. The van der Waals surface area contributed by atoms with Gasteiger partial charge in [-0.15, -0.1) is 11.8 Å². The summed E-state index contributed by atoms with van der Waals surface area (Å²) in [4.78, 5) is 26.1. The molecule has 3 rings (SSSR count). The van der Waals surface area contributed by atoms with E-state index in [1.807, 2.05) is 31.2 Å². The Morgan fingerprint density at radius 2 is 2.09 bits per heavy atom. The van der Waals surface area contributed by atoms with Crippen LogP contribution in [-0.4, -0.2) is 22.7 Å². The Labute approximate surface area is 132 Å². The van der Waals surface area contributed by atoms with Crippen molar-refractivity contribution in [2.45, 2.75) is 18.4 Å². The van der Waals surface area contributed by atoms with E-state index in [-0.39, 0.29) is 11.5 Å². The summed E-state index contributed by atoms with van der Waals surface area (Å²) in [6.07, 6.45) is 0. The van der Waals surface area contributed by atoms with Crippen LogP contribution in [0.1, 0.15) is 21.5 Å². The van der Waals surface area contributed by atoms with Crippen molar-refractivity contribution in [2.75, 3.05) is 10.7 Å². The molecule has 0 aromatic heterocycles. The van der Waals surface area contributed by atoms with Gasteiger partial charge >= 0.3 is 5.97 Å². The number of nitrogens with zero attached hydrogens (tertiary/aromatic N) is 1. The zero-order valence-electron chi connectivity index (χ0n) is 12.1. The first-order chi connectivity index (χ1) is 10.5. The fourth-order valence-electron chi connectivity index (χ4n) is 2.50. The van der Waals surface area contributed by atoms with E-state index in [4.69, 9.17) is 5.11 Å². The average Bonchev–Trinajstić information content (AvgIpc) is 2.49. The van der Waals surface area contributed by atoms with Gasteiger partial charge in [-0.25, -0.2) is 4.79 Å². The Morgan fingerprint density at radius 1 is 1.27 bits per heavy atom. The molecule has 1 N–H and O–H groups in total. The Kier molecular flexibility index (Phi) is 3.90. The van der Waals surface area contributed by atoms with Crippen LogP contribution in [0.2, 0.25) is 0 Å². The van der Waals surface area contributed by atoms with Gasteiger partial charge in [-0.05, 0) is 30.7 Å². The topological polar surface area (TPSA) is 57.6 Å². The second-order valence-corrected chi connectivity index (χ2v) is 6.26. The smallest absolute Gasteiger partial charge is 0.335 e. The van der Waals surface area contributed by atoms with E-state index >= 15 is 0 Å². The van der Waals surface area contributed by atoms with E-state index in [2.05, 4.69) is 0 Å². The van der Waals surface area contributed by atoms with Crippen LogP contribution >= 0.6 is 11.8 Å². The molecule has 0 atom stereocenters. The summed E-state index contributed by atoms with van der Waals surface area (Å²) in [6, 6.07) is 12.9. The van der Waals surface area contributed by atoms with Crippen LogP contribution in [0.15, 0.2) is 47.4 Å². The first-order valence-corrected chi connectivity index (χ1v) is 7.89. The zero-order valence-corrected chi connectivity index (χ0v) is 12.9. The summed E-state index contributed by atoms with van der Waals surface area (Å²) in [5.41, 5.74) is 3.05. The second kappa shape index (κ2) is 5.85. The predicted octanol–water partition coefficient (Wildman–Crippen LogP) is 3.33. The number of amides is 1. The molecule has 0 aliphatic carbocycles. The quantitative estimate of drug-likeness (QED) is 0.944. The van der Waals surface area contributed by atoms with Crippen LogP contribution < -0.4 is 4.90 Å². The minimum Gasteiger partial charge on any atom is -0.478 e. The zero-order chi connectivity index (χ0) is 15.7. The highest BCUT2D eigenvalue weighted by Crippen LogP contribution is 2.36. The maximum absolute atomic E-state index is 12.3. The SMILES string of the molecule is Cc1cccc(CN2C(=O)CSc3ccc(C(=O)O)cc32)c1. The van der Waals surface area contributed by atoms with Gasteiger partial charge < -0.3 is 10.0 Å². The summed E-state index contributed by atoms with van der Waals surface area (Å²) in [5.74, 6) is -0.603. The molecule has 2 aromatic carbocycles. The van der Waals surface area contributed by atoms with Gasteiger partial charge in [0.2, 0.25) is 5.91 Å². The molecule has 0 bridgehead atoms. The first-order valence-electron chi connectivity index (χ1n) is 6.90. The molecule has 0 fully saturated rings. The monoisotopic (exact) mass is 313 g/mol. The molecule has 4 nitrogen and oxygen atoms in total. The number of rotatable bonds is 3. The van der Waals surface area contributed by atoms with Gasteiger partial charge in [0.05, 0.1) is 23.5 Å². The lowest BCUT2D eigenvalue weighted by atomic mass is 10.1. The number of benzene rings is 2. The van der Waals surface area contributed by atoms with E-state index in [0.29, 0.717) is 18.0 Å². The third-order valence-corrected chi connectivity index (χ3v) is 4.62. The minimum absolute atomic E-state index is 0.00143. The third-order valence-electron chi connectivity index (χ3n) is 3.57. The maximum Gasteiger partial charge on any atom is 0.335 e. The van der Waals surface area contributed by atoms with Crippen LogP contribution in [0, 0.1) is 6.92 Å². The maximum atomic E-state index is 12.3. The highest BCUT2D eigenvalue weighted by Gasteiger charge is 2.25. The van der Waals surface area contributed by atoms with Crippen molar-refractivity contribution in [3.63, 3.8) is 0 Å². The molecule has 1 aliphatic heterocycles. The average molecular weight is 313 g/mol. The highest BCUT2D eigenvalue weighted by molar-refractivity contribution is 8.00. The fraction of sp³-hybridized carbons (Fsp3) is 0.176. The van der Waals surface area contributed by atoms with Crippen molar-refractivity contribution in [3.8, 4) is 0 Å². The van der Waals surface area contributed by atoms with E-state index in [1.54, 1.807) is 23.1 Å². The van der Waals surface area contributed by atoms with Gasteiger partial charge in [0, 0.05) is 4.90 Å². The van der Waals surface area contributed by atoms with Gasteiger partial charge in [-0.3, -0.25) is 4.79 Å². The van der Waals surface area contributed by atoms with Crippen molar-refractivity contribution in [3.05, 3.63) is 59.2 Å². The number of carboxylic acids is 1. The normalized spacial score (nSPS) is 13.9. The van der Waals surface area contributed by atoms with E-state index in [0.717, 1.165) is 16.0 Å². The Morgan fingerprint density at radius 3 is 2.82 bits per heavy atom. The number of aryl methyl sites for hydroxylation is 1. The molecular formula is C17H15NO3S. The fourth-order valence-corrected chi connectivity index (χ4v) is 3.42. The van der Waals surface area contributed by atoms with Crippen LogP contribution in [0.4, 0.5) is 5.69 Å². The molecule has 112 valence electrons. The van der Waals surface area contributed by atoms with Gasteiger partial charge in [0.25, 0.3) is 0 Å². The number of carbonyl (C=O) groups is 2. The lowest BCUT2D eigenvalue weighted by molar-refractivity contribution is -0.116. The van der Waals surface area contributed by atoms with Crippen LogP contribution in [-0.2, 0) is 11.3 Å².